The van der Waals surface area contributed by atoms with Crippen LogP contribution in [-0.4, -0.2) is 27.1 Å². The second kappa shape index (κ2) is 6.18. The predicted octanol–water partition coefficient (Wildman–Crippen LogP) is 3.54. The van der Waals surface area contributed by atoms with Crippen LogP contribution in [0.5, 0.6) is 0 Å². The average molecular weight is 397 g/mol. The molecule has 0 radical (unpaired) electrons. The lowest BCUT2D eigenvalue weighted by molar-refractivity contribution is -0.122. The van der Waals surface area contributed by atoms with Gasteiger partial charge >= 0.3 is 0 Å². The van der Waals surface area contributed by atoms with Gasteiger partial charge in [0, 0.05) is 46.4 Å². The number of fused-ring (bicyclic) bond motifs is 12. The number of benzene rings is 2. The zero-order valence-electron chi connectivity index (χ0n) is 16.4. The van der Waals surface area contributed by atoms with Crippen molar-refractivity contribution in [3.63, 3.8) is 0 Å². The average Bonchev–Trinajstić information content (AvgIpc) is 3.37. The number of ether oxygens (including phenoxy) is 1. The summed E-state index contributed by atoms with van der Waals surface area (Å²) in [5, 5.41) is 4.39. The maximum atomic E-state index is 13.0. The molecular weight excluding hydrogens is 378 g/mol. The van der Waals surface area contributed by atoms with Crippen molar-refractivity contribution in [3.05, 3.63) is 72.1 Å². The van der Waals surface area contributed by atoms with Gasteiger partial charge in [0.25, 0.3) is 11.8 Å². The van der Waals surface area contributed by atoms with E-state index in [1.165, 1.54) is 0 Å². The van der Waals surface area contributed by atoms with E-state index in [1.54, 1.807) is 0 Å². The summed E-state index contributed by atoms with van der Waals surface area (Å²) >= 11 is 0. The van der Waals surface area contributed by atoms with Crippen molar-refractivity contribution in [1.82, 2.24) is 14.5 Å². The predicted molar refractivity (Wildman–Crippen MR) is 114 cm³/mol. The zero-order chi connectivity index (χ0) is 20.4. The van der Waals surface area contributed by atoms with Crippen LogP contribution in [0.15, 0.2) is 60.9 Å². The molecule has 6 nitrogen and oxygen atoms in total. The van der Waals surface area contributed by atoms with Crippen molar-refractivity contribution in [1.29, 1.82) is 0 Å². The van der Waals surface area contributed by atoms with E-state index in [4.69, 9.17) is 4.74 Å². The molecule has 0 saturated carbocycles. The van der Waals surface area contributed by atoms with E-state index < -0.39 is 0 Å². The first kappa shape index (κ1) is 17.2. The number of aromatic nitrogens is 2. The van der Waals surface area contributed by atoms with Crippen LogP contribution < -0.4 is 5.32 Å². The van der Waals surface area contributed by atoms with Gasteiger partial charge in [-0.2, -0.15) is 0 Å². The van der Waals surface area contributed by atoms with Crippen LogP contribution in [-0.2, 0) is 27.6 Å². The first-order valence-electron chi connectivity index (χ1n) is 10.00. The summed E-state index contributed by atoms with van der Waals surface area (Å²) in [6, 6.07) is 15.9. The van der Waals surface area contributed by atoms with Gasteiger partial charge in [-0.05, 0) is 19.1 Å². The molecular formula is C24H19N3O3. The molecule has 6 rings (SSSR count). The van der Waals surface area contributed by atoms with Crippen LogP contribution in [0.1, 0.15) is 18.1 Å². The summed E-state index contributed by atoms with van der Waals surface area (Å²) in [5.41, 5.74) is 4.36. The molecule has 6 heteroatoms. The van der Waals surface area contributed by atoms with Crippen LogP contribution in [0.3, 0.4) is 0 Å². The van der Waals surface area contributed by atoms with Gasteiger partial charge in [0.15, 0.2) is 0 Å². The van der Waals surface area contributed by atoms with Gasteiger partial charge in [0.05, 0.1) is 22.8 Å². The SMILES string of the molecule is CC1Cn2cc(c3ccccc32)C2=C(C(=O)NC2=O)c2cn(c3ccccc23)CO1. The van der Waals surface area contributed by atoms with Crippen molar-refractivity contribution in [3.8, 4) is 0 Å². The Hall–Kier alpha value is -3.64. The fraction of sp³-hybridized carbons (Fsp3) is 0.167. The lowest BCUT2D eigenvalue weighted by Gasteiger charge is -2.16. The van der Waals surface area contributed by atoms with Crippen molar-refractivity contribution in [2.75, 3.05) is 0 Å². The van der Waals surface area contributed by atoms with Crippen molar-refractivity contribution in [2.45, 2.75) is 26.3 Å². The molecule has 1 N–H and O–H groups in total. The molecule has 1 atom stereocenters. The minimum absolute atomic E-state index is 0.0369. The maximum absolute atomic E-state index is 13.0. The number of imide groups is 1. The van der Waals surface area contributed by atoms with Crippen molar-refractivity contribution in [2.24, 2.45) is 0 Å². The molecule has 0 aliphatic carbocycles. The third-order valence-electron chi connectivity index (χ3n) is 6.00. The molecule has 0 spiro atoms. The number of para-hydroxylation sites is 2. The molecule has 2 aromatic heterocycles. The maximum Gasteiger partial charge on any atom is 0.259 e. The van der Waals surface area contributed by atoms with Crippen molar-refractivity contribution >= 4 is 44.8 Å². The summed E-state index contributed by atoms with van der Waals surface area (Å²) in [6.45, 7) is 3.06. The number of carbonyl (C=O) groups is 2. The Morgan fingerprint density at radius 3 is 2.00 bits per heavy atom. The molecule has 4 aromatic rings. The fourth-order valence-electron chi connectivity index (χ4n) is 4.66. The third kappa shape index (κ3) is 2.34. The van der Waals surface area contributed by atoms with E-state index in [9.17, 15) is 9.59 Å². The van der Waals surface area contributed by atoms with Crippen molar-refractivity contribution < 1.29 is 14.3 Å². The quantitative estimate of drug-likeness (QED) is 0.462. The van der Waals surface area contributed by atoms with Gasteiger partial charge in [0.2, 0.25) is 0 Å². The number of amides is 2. The highest BCUT2D eigenvalue weighted by molar-refractivity contribution is 6.50. The molecule has 1 unspecified atom stereocenters. The van der Waals surface area contributed by atoms with E-state index in [0.717, 1.165) is 32.9 Å². The van der Waals surface area contributed by atoms with E-state index in [-0.39, 0.29) is 17.9 Å². The van der Waals surface area contributed by atoms with Gasteiger partial charge in [-0.15, -0.1) is 0 Å². The molecule has 2 aliphatic heterocycles. The van der Waals surface area contributed by atoms with Gasteiger partial charge < -0.3 is 13.9 Å². The highest BCUT2D eigenvalue weighted by Crippen LogP contribution is 2.39. The minimum atomic E-state index is -0.360. The van der Waals surface area contributed by atoms with Gasteiger partial charge in [-0.1, -0.05) is 36.4 Å². The number of carbonyl (C=O) groups excluding carboxylic acids is 2. The van der Waals surface area contributed by atoms with Crippen LogP contribution in [0.25, 0.3) is 33.0 Å². The Labute approximate surface area is 172 Å². The minimum Gasteiger partial charge on any atom is -0.356 e. The van der Waals surface area contributed by atoms with Crippen LogP contribution >= 0.6 is 0 Å². The fourth-order valence-corrected chi connectivity index (χ4v) is 4.66. The Kier molecular flexibility index (Phi) is 3.55. The van der Waals surface area contributed by atoms with Gasteiger partial charge in [-0.3, -0.25) is 14.9 Å². The smallest absolute Gasteiger partial charge is 0.259 e. The molecule has 4 bridgehead atoms. The van der Waals surface area contributed by atoms with Crippen LogP contribution in [0.2, 0.25) is 0 Å². The summed E-state index contributed by atoms with van der Waals surface area (Å²) in [7, 11) is 0. The molecule has 2 amide bonds. The summed E-state index contributed by atoms with van der Waals surface area (Å²) in [4.78, 5) is 25.9. The monoisotopic (exact) mass is 397 g/mol. The first-order chi connectivity index (χ1) is 14.6. The largest absolute Gasteiger partial charge is 0.356 e. The zero-order valence-corrected chi connectivity index (χ0v) is 16.4. The number of rotatable bonds is 0. The molecule has 2 aromatic carbocycles. The number of nitrogens with zero attached hydrogens (tertiary/aromatic N) is 2. The van der Waals surface area contributed by atoms with Gasteiger partial charge in [-0.25, -0.2) is 0 Å². The third-order valence-corrected chi connectivity index (χ3v) is 6.00. The molecule has 30 heavy (non-hydrogen) atoms. The molecule has 0 fully saturated rings. The van der Waals surface area contributed by atoms with Gasteiger partial charge in [0.1, 0.15) is 6.73 Å². The topological polar surface area (TPSA) is 65.3 Å². The summed E-state index contributed by atoms with van der Waals surface area (Å²) in [6.07, 6.45) is 3.86. The number of hydrogen-bond acceptors (Lipinski definition) is 3. The van der Waals surface area contributed by atoms with E-state index in [0.29, 0.717) is 24.4 Å². The second-order valence-electron chi connectivity index (χ2n) is 7.88. The Balaban J connectivity index is 1.76. The molecule has 0 saturated heterocycles. The van der Waals surface area contributed by atoms with E-state index in [1.807, 2.05) is 72.4 Å². The van der Waals surface area contributed by atoms with E-state index in [2.05, 4.69) is 9.88 Å². The lowest BCUT2D eigenvalue weighted by atomic mass is 9.95. The Morgan fingerprint density at radius 1 is 0.833 bits per heavy atom. The Morgan fingerprint density at radius 2 is 1.37 bits per heavy atom. The summed E-state index contributed by atoms with van der Waals surface area (Å²) < 4.78 is 10.3. The molecule has 148 valence electrons. The number of hydrogen-bond donors (Lipinski definition) is 1. The second-order valence-corrected chi connectivity index (χ2v) is 7.88. The normalized spacial score (nSPS) is 19.0. The standard InChI is InChI=1S/C24H19N3O3/c1-14-10-26-11-17(15-6-2-4-8-19(15)26)21-22(24(29)25-23(21)28)18-12-27(13-30-14)20-9-5-3-7-16(18)20/h2-9,11-12,14H,10,13H2,1H3,(H,25,28,29). The van der Waals surface area contributed by atoms with Crippen LogP contribution in [0.4, 0.5) is 0 Å². The highest BCUT2D eigenvalue weighted by atomic mass is 16.5. The van der Waals surface area contributed by atoms with E-state index >= 15 is 0 Å². The first-order valence-corrected chi connectivity index (χ1v) is 10.00. The Bertz CT molecular complexity index is 1410. The molecule has 4 heterocycles. The molecule has 2 aliphatic rings. The lowest BCUT2D eigenvalue weighted by Crippen LogP contribution is -2.22. The van der Waals surface area contributed by atoms with Crippen LogP contribution in [0, 0.1) is 0 Å². The number of nitrogens with one attached hydrogen (secondary N) is 1. The highest BCUT2D eigenvalue weighted by Gasteiger charge is 2.35. The summed E-state index contributed by atoms with van der Waals surface area (Å²) in [5.74, 6) is -0.711.